The fourth-order valence-electron chi connectivity index (χ4n) is 3.93. The number of rotatable bonds is 4. The molecule has 0 bridgehead atoms. The average Bonchev–Trinajstić information content (AvgIpc) is 3.17. The van der Waals surface area contributed by atoms with E-state index in [-0.39, 0.29) is 5.91 Å². The Morgan fingerprint density at radius 1 is 1.25 bits per heavy atom. The number of H-pyrrole nitrogens is 1. The second kappa shape index (κ2) is 7.72. The van der Waals surface area contributed by atoms with Crippen LogP contribution in [0.1, 0.15) is 34.7 Å². The number of carbonyl (C=O) groups is 1. The summed E-state index contributed by atoms with van der Waals surface area (Å²) in [5.74, 6) is 1.27. The van der Waals surface area contributed by atoms with E-state index in [0.717, 1.165) is 18.5 Å². The number of aromatic nitrogens is 2. The number of nitrogens with zero attached hydrogens (tertiary/aromatic N) is 2. The summed E-state index contributed by atoms with van der Waals surface area (Å²) < 4.78 is 10.6. The Balaban J connectivity index is 1.49. The van der Waals surface area contributed by atoms with Crippen molar-refractivity contribution in [2.24, 2.45) is 0 Å². The van der Waals surface area contributed by atoms with E-state index in [4.69, 9.17) is 21.1 Å². The Morgan fingerprint density at radius 3 is 2.75 bits per heavy atom. The van der Waals surface area contributed by atoms with Crippen LogP contribution in [0.15, 0.2) is 36.7 Å². The van der Waals surface area contributed by atoms with Gasteiger partial charge in [0, 0.05) is 36.4 Å². The third kappa shape index (κ3) is 3.29. The van der Waals surface area contributed by atoms with E-state index in [2.05, 4.69) is 16.0 Å². The van der Waals surface area contributed by atoms with Gasteiger partial charge in [-0.25, -0.2) is 4.98 Å². The zero-order valence-electron chi connectivity index (χ0n) is 15.9. The number of hydrogen-bond donors (Lipinski definition) is 1. The number of fused-ring (bicyclic) bond motifs is 1. The van der Waals surface area contributed by atoms with Gasteiger partial charge in [0.2, 0.25) is 0 Å². The highest BCUT2D eigenvalue weighted by Gasteiger charge is 2.27. The largest absolute Gasteiger partial charge is 0.493 e. The van der Waals surface area contributed by atoms with Gasteiger partial charge < -0.3 is 19.4 Å². The van der Waals surface area contributed by atoms with Crippen LogP contribution >= 0.6 is 11.6 Å². The molecular weight excluding hydrogens is 378 g/mol. The van der Waals surface area contributed by atoms with Gasteiger partial charge >= 0.3 is 0 Å². The fraction of sp³-hybridized carbons (Fsp3) is 0.333. The summed E-state index contributed by atoms with van der Waals surface area (Å²) in [4.78, 5) is 22.5. The van der Waals surface area contributed by atoms with Crippen molar-refractivity contribution in [2.75, 3.05) is 27.3 Å². The van der Waals surface area contributed by atoms with Gasteiger partial charge in [0.1, 0.15) is 5.65 Å². The number of carbonyl (C=O) groups excluding carboxylic acids is 1. The monoisotopic (exact) mass is 399 g/mol. The molecule has 0 aliphatic carbocycles. The first-order chi connectivity index (χ1) is 13.6. The molecule has 1 fully saturated rings. The average molecular weight is 400 g/mol. The van der Waals surface area contributed by atoms with E-state index in [1.165, 1.54) is 25.2 Å². The van der Waals surface area contributed by atoms with Gasteiger partial charge in [0.05, 0.1) is 19.2 Å². The van der Waals surface area contributed by atoms with Crippen LogP contribution in [0.5, 0.6) is 11.5 Å². The van der Waals surface area contributed by atoms with Crippen LogP contribution in [-0.2, 0) is 0 Å². The highest BCUT2D eigenvalue weighted by atomic mass is 35.5. The topological polar surface area (TPSA) is 67.5 Å². The summed E-state index contributed by atoms with van der Waals surface area (Å²) in [5, 5.41) is 1.53. The van der Waals surface area contributed by atoms with Crippen molar-refractivity contribution in [3.05, 3.63) is 52.8 Å². The van der Waals surface area contributed by atoms with Gasteiger partial charge in [-0.3, -0.25) is 4.79 Å². The summed E-state index contributed by atoms with van der Waals surface area (Å²) in [5.41, 5.74) is 2.71. The van der Waals surface area contributed by atoms with Crippen LogP contribution in [-0.4, -0.2) is 48.1 Å². The lowest BCUT2D eigenvalue weighted by Crippen LogP contribution is -2.37. The molecule has 1 saturated heterocycles. The number of amides is 1. The first kappa shape index (κ1) is 18.6. The molecule has 0 saturated carbocycles. The van der Waals surface area contributed by atoms with E-state index in [1.807, 2.05) is 17.2 Å². The van der Waals surface area contributed by atoms with E-state index in [0.29, 0.717) is 41.1 Å². The standard InChI is InChI=1S/C21H22ClN3O3/c1-27-18-11-14(10-17(22)19(18)28-2)21(26)25-8-5-13(6-9-25)16-12-24-20-15(16)4-3-7-23-20/h3-4,7,10-13H,5-6,8-9H2,1-2H3,(H,23,24). The van der Waals surface area contributed by atoms with Gasteiger partial charge in [-0.1, -0.05) is 11.6 Å². The van der Waals surface area contributed by atoms with Gasteiger partial charge in [-0.2, -0.15) is 0 Å². The maximum Gasteiger partial charge on any atom is 0.254 e. The van der Waals surface area contributed by atoms with Crippen molar-refractivity contribution in [1.29, 1.82) is 0 Å². The first-order valence-corrected chi connectivity index (χ1v) is 9.63. The number of benzene rings is 1. The molecule has 0 radical (unpaired) electrons. The van der Waals surface area contributed by atoms with Crippen molar-refractivity contribution in [3.63, 3.8) is 0 Å². The summed E-state index contributed by atoms with van der Waals surface area (Å²) >= 11 is 6.26. The Labute approximate surface area is 168 Å². The lowest BCUT2D eigenvalue weighted by Gasteiger charge is -2.32. The zero-order valence-corrected chi connectivity index (χ0v) is 16.6. The minimum Gasteiger partial charge on any atom is -0.493 e. The number of likely N-dealkylation sites (tertiary alicyclic amines) is 1. The highest BCUT2D eigenvalue weighted by molar-refractivity contribution is 6.32. The molecule has 6 nitrogen and oxygen atoms in total. The molecule has 1 amide bonds. The van der Waals surface area contributed by atoms with E-state index < -0.39 is 0 Å². The van der Waals surface area contributed by atoms with Gasteiger partial charge in [-0.05, 0) is 48.6 Å². The molecule has 3 aromatic rings. The lowest BCUT2D eigenvalue weighted by atomic mass is 9.89. The molecule has 2 aromatic heterocycles. The van der Waals surface area contributed by atoms with Crippen molar-refractivity contribution < 1.29 is 14.3 Å². The Kier molecular flexibility index (Phi) is 5.13. The summed E-state index contributed by atoms with van der Waals surface area (Å²) in [6.45, 7) is 1.39. The molecule has 3 heterocycles. The summed E-state index contributed by atoms with van der Waals surface area (Å²) in [7, 11) is 3.06. The third-order valence-corrected chi connectivity index (χ3v) is 5.67. The number of ether oxygens (including phenoxy) is 2. The number of hydrogen-bond acceptors (Lipinski definition) is 4. The molecule has 1 aromatic carbocycles. The molecular formula is C21H22ClN3O3. The van der Waals surface area contributed by atoms with E-state index >= 15 is 0 Å². The quantitative estimate of drug-likeness (QED) is 0.712. The number of piperidine rings is 1. The van der Waals surface area contributed by atoms with E-state index in [1.54, 1.807) is 18.3 Å². The molecule has 1 N–H and O–H groups in total. The van der Waals surface area contributed by atoms with Crippen LogP contribution in [0, 0.1) is 0 Å². The molecule has 0 spiro atoms. The second-order valence-electron chi connectivity index (χ2n) is 6.90. The predicted octanol–water partition coefficient (Wildman–Crippen LogP) is 4.25. The Hall–Kier alpha value is -2.73. The Morgan fingerprint density at radius 2 is 2.04 bits per heavy atom. The minimum atomic E-state index is -0.0399. The van der Waals surface area contributed by atoms with Crippen molar-refractivity contribution >= 4 is 28.5 Å². The van der Waals surface area contributed by atoms with Crippen LogP contribution in [0.2, 0.25) is 5.02 Å². The second-order valence-corrected chi connectivity index (χ2v) is 7.31. The highest BCUT2D eigenvalue weighted by Crippen LogP contribution is 2.37. The smallest absolute Gasteiger partial charge is 0.254 e. The number of methoxy groups -OCH3 is 2. The minimum absolute atomic E-state index is 0.0399. The maximum atomic E-state index is 13.0. The third-order valence-electron chi connectivity index (χ3n) is 5.39. The van der Waals surface area contributed by atoms with Gasteiger partial charge in [0.15, 0.2) is 11.5 Å². The Bertz CT molecular complexity index is 1010. The number of pyridine rings is 1. The molecule has 146 valence electrons. The molecule has 0 unspecified atom stereocenters. The molecule has 28 heavy (non-hydrogen) atoms. The van der Waals surface area contributed by atoms with Crippen LogP contribution in [0.25, 0.3) is 11.0 Å². The van der Waals surface area contributed by atoms with Crippen molar-refractivity contribution in [1.82, 2.24) is 14.9 Å². The molecule has 4 rings (SSSR count). The van der Waals surface area contributed by atoms with Crippen LogP contribution in [0.3, 0.4) is 0 Å². The maximum absolute atomic E-state index is 13.0. The lowest BCUT2D eigenvalue weighted by molar-refractivity contribution is 0.0713. The number of aromatic amines is 1. The first-order valence-electron chi connectivity index (χ1n) is 9.25. The van der Waals surface area contributed by atoms with Gasteiger partial charge in [0.25, 0.3) is 5.91 Å². The SMILES string of the molecule is COc1cc(C(=O)N2CCC(c3c[nH]c4ncccc34)CC2)cc(Cl)c1OC. The van der Waals surface area contributed by atoms with Crippen LogP contribution in [0.4, 0.5) is 0 Å². The van der Waals surface area contributed by atoms with Crippen molar-refractivity contribution in [3.8, 4) is 11.5 Å². The fourth-order valence-corrected chi connectivity index (χ4v) is 4.22. The molecule has 7 heteroatoms. The number of halogens is 1. The van der Waals surface area contributed by atoms with Crippen LogP contribution < -0.4 is 9.47 Å². The number of nitrogens with one attached hydrogen (secondary N) is 1. The normalized spacial score (nSPS) is 15.0. The molecule has 0 atom stereocenters. The van der Waals surface area contributed by atoms with Crippen molar-refractivity contribution in [2.45, 2.75) is 18.8 Å². The summed E-state index contributed by atoms with van der Waals surface area (Å²) in [6.07, 6.45) is 5.66. The molecule has 1 aliphatic heterocycles. The molecule has 1 aliphatic rings. The van der Waals surface area contributed by atoms with E-state index in [9.17, 15) is 4.79 Å². The van der Waals surface area contributed by atoms with Gasteiger partial charge in [-0.15, -0.1) is 0 Å². The summed E-state index contributed by atoms with van der Waals surface area (Å²) in [6, 6.07) is 7.38. The zero-order chi connectivity index (χ0) is 19.7. The predicted molar refractivity (Wildman–Crippen MR) is 109 cm³/mol.